The normalized spacial score (nSPS) is 20.6. The molecule has 0 unspecified atom stereocenters. The van der Waals surface area contributed by atoms with Crippen LogP contribution in [0.3, 0.4) is 0 Å². The number of piperidine rings is 1. The van der Waals surface area contributed by atoms with Gasteiger partial charge in [0.15, 0.2) is 5.65 Å². The van der Waals surface area contributed by atoms with Crippen LogP contribution < -0.4 is 10.2 Å². The van der Waals surface area contributed by atoms with Gasteiger partial charge in [-0.1, -0.05) is 23.7 Å². The maximum Gasteiger partial charge on any atom is 0.255 e. The molecule has 13 heteroatoms. The summed E-state index contributed by atoms with van der Waals surface area (Å²) in [5.41, 5.74) is 5.26. The third kappa shape index (κ3) is 4.51. The third-order valence-corrected chi connectivity index (χ3v) is 9.19. The minimum absolute atomic E-state index is 0.203. The van der Waals surface area contributed by atoms with Crippen LogP contribution in [0, 0.1) is 0 Å². The van der Waals surface area contributed by atoms with E-state index in [0.717, 1.165) is 27.6 Å². The molecule has 1 aromatic carbocycles. The van der Waals surface area contributed by atoms with E-state index >= 15 is 0 Å². The number of anilines is 1. The second-order valence-corrected chi connectivity index (χ2v) is 12.2. The number of benzene rings is 1. The molecule has 4 aliphatic heterocycles. The van der Waals surface area contributed by atoms with Crippen molar-refractivity contribution in [3.05, 3.63) is 70.0 Å². The molecule has 3 aromatic heterocycles. The molecule has 3 saturated heterocycles. The molecule has 224 valence electrons. The molecule has 11 nitrogen and oxygen atoms in total. The standard InChI is InChI=1S/C31H27ClFN7O4/c32-24-6-17(19-14-44-15-19)8-34-28(24)22-7-26(38-12-20(33)13-38)36-29-23(22)9-35-40(29)10-16-1-2-21-18(5-16)11-39(31(21)43)25-3-4-27(41)37-30(25)42/h1-2,5-9,19-20,25H,3-4,10-15H2,(H,37,41,42)/t25-/m0/s1. The van der Waals surface area contributed by atoms with Gasteiger partial charge in [-0.2, -0.15) is 5.10 Å². The summed E-state index contributed by atoms with van der Waals surface area (Å²) < 4.78 is 20.9. The van der Waals surface area contributed by atoms with E-state index in [0.29, 0.717) is 53.9 Å². The number of alkyl halides is 1. The van der Waals surface area contributed by atoms with Gasteiger partial charge in [0.1, 0.15) is 18.0 Å². The Kier molecular flexibility index (Phi) is 6.38. The van der Waals surface area contributed by atoms with Gasteiger partial charge in [0.25, 0.3) is 5.91 Å². The molecule has 0 radical (unpaired) electrons. The van der Waals surface area contributed by atoms with Crippen molar-refractivity contribution in [2.45, 2.75) is 44.1 Å². The van der Waals surface area contributed by atoms with Crippen LogP contribution in [-0.4, -0.2) is 80.9 Å². The van der Waals surface area contributed by atoms with Crippen LogP contribution in [0.4, 0.5) is 10.2 Å². The van der Waals surface area contributed by atoms with E-state index in [-0.39, 0.29) is 43.8 Å². The van der Waals surface area contributed by atoms with E-state index in [1.54, 1.807) is 16.9 Å². The van der Waals surface area contributed by atoms with Gasteiger partial charge in [-0.15, -0.1) is 0 Å². The number of halogens is 2. The molecule has 0 aliphatic carbocycles. The number of amides is 3. The number of hydrogen-bond donors (Lipinski definition) is 1. The highest BCUT2D eigenvalue weighted by atomic mass is 35.5. The van der Waals surface area contributed by atoms with E-state index in [1.165, 1.54) is 4.90 Å². The van der Waals surface area contributed by atoms with Crippen molar-refractivity contribution in [2.75, 3.05) is 31.2 Å². The zero-order chi connectivity index (χ0) is 30.1. The van der Waals surface area contributed by atoms with Crippen molar-refractivity contribution >= 4 is 46.2 Å². The summed E-state index contributed by atoms with van der Waals surface area (Å²) in [5, 5.41) is 8.27. The number of rotatable bonds is 6. The molecule has 0 bridgehead atoms. The average Bonchev–Trinajstić information content (AvgIpc) is 3.50. The number of nitrogens with zero attached hydrogens (tertiary/aromatic N) is 6. The second-order valence-electron chi connectivity index (χ2n) is 11.8. The highest BCUT2D eigenvalue weighted by Gasteiger charge is 2.39. The first kappa shape index (κ1) is 27.2. The molecule has 3 fully saturated rings. The number of imide groups is 1. The quantitative estimate of drug-likeness (QED) is 0.328. The largest absolute Gasteiger partial charge is 0.380 e. The maximum absolute atomic E-state index is 13.8. The molecule has 3 amide bonds. The number of carbonyl (C=O) groups excluding carboxylic acids is 3. The zero-order valence-corrected chi connectivity index (χ0v) is 24.3. The highest BCUT2D eigenvalue weighted by molar-refractivity contribution is 6.33. The molecule has 44 heavy (non-hydrogen) atoms. The molecule has 7 heterocycles. The first-order chi connectivity index (χ1) is 21.3. The van der Waals surface area contributed by atoms with Crippen molar-refractivity contribution in [3.63, 3.8) is 0 Å². The summed E-state index contributed by atoms with van der Waals surface area (Å²) in [7, 11) is 0. The first-order valence-electron chi connectivity index (χ1n) is 14.6. The van der Waals surface area contributed by atoms with Gasteiger partial charge in [-0.25, -0.2) is 14.1 Å². The predicted octanol–water partition coefficient (Wildman–Crippen LogP) is 3.23. The number of pyridine rings is 2. The summed E-state index contributed by atoms with van der Waals surface area (Å²) >= 11 is 6.78. The summed E-state index contributed by atoms with van der Waals surface area (Å²) in [6.07, 6.45) is 3.18. The maximum atomic E-state index is 13.8. The average molecular weight is 616 g/mol. The zero-order valence-electron chi connectivity index (χ0n) is 23.5. The number of ether oxygens (including phenoxy) is 1. The lowest BCUT2D eigenvalue weighted by Crippen LogP contribution is -2.52. The van der Waals surface area contributed by atoms with Gasteiger partial charge in [0, 0.05) is 41.6 Å². The van der Waals surface area contributed by atoms with Crippen molar-refractivity contribution < 1.29 is 23.5 Å². The Balaban J connectivity index is 1.12. The van der Waals surface area contributed by atoms with Crippen LogP contribution in [-0.2, 0) is 27.4 Å². The lowest BCUT2D eigenvalue weighted by molar-refractivity contribution is -0.136. The topological polar surface area (TPSA) is 123 Å². The van der Waals surface area contributed by atoms with Crippen molar-refractivity contribution in [1.82, 2.24) is 30.0 Å². The van der Waals surface area contributed by atoms with Crippen molar-refractivity contribution in [1.29, 1.82) is 0 Å². The molecular formula is C31H27ClFN7O4. The Morgan fingerprint density at radius 2 is 1.91 bits per heavy atom. The molecule has 4 aromatic rings. The molecular weight excluding hydrogens is 589 g/mol. The molecule has 8 rings (SSSR count). The number of aromatic nitrogens is 4. The third-order valence-electron chi connectivity index (χ3n) is 8.90. The summed E-state index contributed by atoms with van der Waals surface area (Å²) in [6.45, 7) is 2.48. The molecule has 0 saturated carbocycles. The van der Waals surface area contributed by atoms with E-state index in [1.807, 2.05) is 35.4 Å². The van der Waals surface area contributed by atoms with Gasteiger partial charge in [0.05, 0.1) is 49.8 Å². The van der Waals surface area contributed by atoms with Gasteiger partial charge >= 0.3 is 0 Å². The number of hydrogen-bond acceptors (Lipinski definition) is 8. The van der Waals surface area contributed by atoms with E-state index < -0.39 is 18.1 Å². The molecule has 0 spiro atoms. The van der Waals surface area contributed by atoms with Crippen LogP contribution in [0.2, 0.25) is 5.02 Å². The summed E-state index contributed by atoms with van der Waals surface area (Å²) in [5.74, 6) is -0.0714. The monoisotopic (exact) mass is 615 g/mol. The lowest BCUT2D eigenvalue weighted by Gasteiger charge is -2.35. The Bertz CT molecular complexity index is 1870. The van der Waals surface area contributed by atoms with Crippen LogP contribution in [0.1, 0.15) is 45.8 Å². The van der Waals surface area contributed by atoms with E-state index in [4.69, 9.17) is 26.3 Å². The summed E-state index contributed by atoms with van der Waals surface area (Å²) in [4.78, 5) is 50.2. The molecule has 1 atom stereocenters. The van der Waals surface area contributed by atoms with Crippen molar-refractivity contribution in [3.8, 4) is 11.3 Å². The SMILES string of the molecule is O=C1CC[C@H](N2Cc3cc(Cn4ncc5c(-c6ncc(C7COC7)cc6Cl)cc(N6CC(F)C6)nc54)ccc3C2=O)C(=O)N1. The highest BCUT2D eigenvalue weighted by Crippen LogP contribution is 2.37. The van der Waals surface area contributed by atoms with Gasteiger partial charge in [-0.3, -0.25) is 24.7 Å². The number of nitrogens with one attached hydrogen (secondary N) is 1. The van der Waals surface area contributed by atoms with Gasteiger partial charge in [-0.05, 0) is 41.3 Å². The van der Waals surface area contributed by atoms with Gasteiger partial charge < -0.3 is 14.5 Å². The fraction of sp³-hybridized carbons (Fsp3) is 0.355. The van der Waals surface area contributed by atoms with Crippen LogP contribution in [0.5, 0.6) is 0 Å². The number of carbonyl (C=O) groups is 3. The second kappa shape index (κ2) is 10.3. The molecule has 1 N–H and O–H groups in total. The fourth-order valence-corrected chi connectivity index (χ4v) is 6.60. The van der Waals surface area contributed by atoms with Crippen LogP contribution in [0.15, 0.2) is 42.7 Å². The first-order valence-corrected chi connectivity index (χ1v) is 15.0. The summed E-state index contributed by atoms with van der Waals surface area (Å²) in [6, 6.07) is 8.74. The lowest BCUT2D eigenvalue weighted by atomic mass is 9.98. The molecule has 4 aliphatic rings. The van der Waals surface area contributed by atoms with Crippen molar-refractivity contribution in [2.24, 2.45) is 0 Å². The fourth-order valence-electron chi connectivity index (χ4n) is 6.32. The number of fused-ring (bicyclic) bond motifs is 2. The predicted molar refractivity (Wildman–Crippen MR) is 158 cm³/mol. The van der Waals surface area contributed by atoms with Gasteiger partial charge in [0.2, 0.25) is 11.8 Å². The Morgan fingerprint density at radius 3 is 2.64 bits per heavy atom. The minimum atomic E-state index is -0.902. The van der Waals surface area contributed by atoms with E-state index in [9.17, 15) is 18.8 Å². The Hall–Kier alpha value is -4.42. The smallest absolute Gasteiger partial charge is 0.255 e. The Morgan fingerprint density at radius 1 is 1.07 bits per heavy atom. The van der Waals surface area contributed by atoms with E-state index in [2.05, 4.69) is 10.4 Å². The Labute approximate surface area is 255 Å². The van der Waals surface area contributed by atoms with Crippen LogP contribution in [0.25, 0.3) is 22.3 Å². The minimum Gasteiger partial charge on any atom is -0.380 e. The van der Waals surface area contributed by atoms with Crippen LogP contribution >= 0.6 is 11.6 Å².